The van der Waals surface area contributed by atoms with E-state index in [4.69, 9.17) is 4.36 Å². The lowest BCUT2D eigenvalue weighted by molar-refractivity contribution is -0.141. The fraction of sp³-hybridized carbons (Fsp3) is 0.545. The second-order valence-electron chi connectivity index (χ2n) is 9.13. The third-order valence-corrected chi connectivity index (χ3v) is 12.7. The molecule has 1 saturated carbocycles. The van der Waals surface area contributed by atoms with E-state index in [0.717, 1.165) is 43.4 Å². The summed E-state index contributed by atoms with van der Waals surface area (Å²) in [5.41, 5.74) is 0.253. The van der Waals surface area contributed by atoms with E-state index < -0.39 is 11.9 Å². The number of nitrogens with zero attached hydrogens (tertiary/aromatic N) is 5. The van der Waals surface area contributed by atoms with Crippen LogP contribution in [-0.2, 0) is 14.9 Å². The van der Waals surface area contributed by atoms with Gasteiger partial charge in [0, 0.05) is 51.1 Å². The molecule has 0 bridgehead atoms. The number of alkyl halides is 3. The number of benzene rings is 1. The van der Waals surface area contributed by atoms with Crippen molar-refractivity contribution >= 4 is 47.8 Å². The number of hydrogen-bond donors (Lipinski definition) is 0. The number of fused-ring (bicyclic) bond motifs is 2. The van der Waals surface area contributed by atoms with Gasteiger partial charge in [-0.05, 0) is 60.4 Å². The highest BCUT2D eigenvalue weighted by Gasteiger charge is 2.55. The van der Waals surface area contributed by atoms with Gasteiger partial charge in [0.25, 0.3) is 0 Å². The molecule has 0 N–H and O–H groups in total. The van der Waals surface area contributed by atoms with Gasteiger partial charge in [0.15, 0.2) is 5.69 Å². The Morgan fingerprint density at radius 1 is 1.18 bits per heavy atom. The fourth-order valence-corrected chi connectivity index (χ4v) is 11.1. The Balaban J connectivity index is 1.11. The molecule has 3 fully saturated rings. The Labute approximate surface area is 200 Å². The van der Waals surface area contributed by atoms with E-state index in [-0.39, 0.29) is 20.7 Å². The molecule has 176 valence electrons. The highest BCUT2D eigenvalue weighted by atomic mass is 33.5. The van der Waals surface area contributed by atoms with Gasteiger partial charge >= 0.3 is 6.18 Å². The summed E-state index contributed by atoms with van der Waals surface area (Å²) in [7, 11) is 3.66. The van der Waals surface area contributed by atoms with Crippen LogP contribution in [0.15, 0.2) is 39.6 Å². The molecule has 2 saturated heterocycles. The van der Waals surface area contributed by atoms with Gasteiger partial charge < -0.3 is 9.80 Å². The van der Waals surface area contributed by atoms with Crippen LogP contribution >= 0.6 is 21.6 Å². The van der Waals surface area contributed by atoms with Gasteiger partial charge in [0.05, 0.1) is 5.69 Å². The van der Waals surface area contributed by atoms with Crippen LogP contribution in [0.2, 0.25) is 0 Å². The Morgan fingerprint density at radius 2 is 1.97 bits per heavy atom. The zero-order valence-corrected chi connectivity index (χ0v) is 20.5. The Hall–Kier alpha value is -1.46. The van der Waals surface area contributed by atoms with Crippen molar-refractivity contribution in [2.24, 2.45) is 22.1 Å². The molecule has 1 aliphatic carbocycles. The van der Waals surface area contributed by atoms with Crippen molar-refractivity contribution in [3.8, 4) is 0 Å². The van der Waals surface area contributed by atoms with E-state index in [1.54, 1.807) is 0 Å². The van der Waals surface area contributed by atoms with E-state index >= 15 is 0 Å². The summed E-state index contributed by atoms with van der Waals surface area (Å²) in [6, 6.07) is 9.55. The average Bonchev–Trinajstić information content (AvgIpc) is 3.23. The molecule has 3 aliphatic heterocycles. The first-order valence-corrected chi connectivity index (χ1v) is 15.2. The van der Waals surface area contributed by atoms with Crippen LogP contribution in [0.25, 0.3) is 0 Å². The molecule has 1 aromatic heterocycles. The van der Waals surface area contributed by atoms with Crippen molar-refractivity contribution in [3.63, 3.8) is 0 Å². The minimum atomic E-state index is -4.47. The third-order valence-electron chi connectivity index (χ3n) is 7.06. The van der Waals surface area contributed by atoms with Crippen LogP contribution in [0.1, 0.15) is 25.5 Å². The predicted octanol–water partition coefficient (Wildman–Crippen LogP) is 5.97. The van der Waals surface area contributed by atoms with E-state index in [1.807, 2.05) is 50.4 Å². The molecule has 2 unspecified atom stereocenters. The van der Waals surface area contributed by atoms with Crippen LogP contribution in [-0.4, -0.2) is 41.4 Å². The Bertz CT molecular complexity index is 1100. The first kappa shape index (κ1) is 22.0. The molecule has 6 rings (SSSR count). The van der Waals surface area contributed by atoms with Crippen molar-refractivity contribution in [3.05, 3.63) is 36.0 Å². The summed E-state index contributed by atoms with van der Waals surface area (Å²) in [6.45, 7) is 4.29. The van der Waals surface area contributed by atoms with E-state index in [0.29, 0.717) is 30.1 Å². The summed E-state index contributed by atoms with van der Waals surface area (Å²) < 4.78 is 45.5. The van der Waals surface area contributed by atoms with Crippen LogP contribution in [0.4, 0.5) is 30.6 Å². The Kier molecular flexibility index (Phi) is 5.57. The van der Waals surface area contributed by atoms with Gasteiger partial charge in [0.2, 0.25) is 5.95 Å². The van der Waals surface area contributed by atoms with Crippen molar-refractivity contribution < 1.29 is 13.2 Å². The lowest BCUT2D eigenvalue weighted by Crippen LogP contribution is -2.31. The molecule has 0 spiro atoms. The molecule has 5 nitrogen and oxygen atoms in total. The number of piperidine rings is 1. The van der Waals surface area contributed by atoms with Gasteiger partial charge in [-0.3, -0.25) is 0 Å². The summed E-state index contributed by atoms with van der Waals surface area (Å²) in [4.78, 5) is 13.7. The molecule has 33 heavy (non-hydrogen) atoms. The maximum atomic E-state index is 13.6. The second kappa shape index (κ2) is 8.34. The van der Waals surface area contributed by atoms with Crippen LogP contribution < -0.4 is 9.80 Å². The standard InChI is InChI=1S/C22H24F3N5S3/c1-13-5-4-8-30(13)21-26-19(22(23,24)25)9-20(27-21)29-10-14-15(11-29)16(14)12-31-33-28-17-6-2-3-7-18(17)32-33/h2-3,6-7,9,13-16H,4-5,8,10-12H2,1H3/t13-,14-,15+,16?,33?/m0/s1. The largest absolute Gasteiger partial charge is 0.433 e. The number of anilines is 2. The number of aromatic nitrogens is 2. The Morgan fingerprint density at radius 3 is 2.67 bits per heavy atom. The first-order chi connectivity index (χ1) is 15.9. The molecule has 0 amide bonds. The number of hydrogen-bond acceptors (Lipinski definition) is 7. The molecule has 4 heterocycles. The van der Waals surface area contributed by atoms with E-state index in [9.17, 15) is 13.2 Å². The topological polar surface area (TPSA) is 44.6 Å². The zero-order chi connectivity index (χ0) is 22.7. The van der Waals surface area contributed by atoms with Crippen LogP contribution in [0.3, 0.4) is 0 Å². The van der Waals surface area contributed by atoms with Gasteiger partial charge in [-0.1, -0.05) is 22.9 Å². The van der Waals surface area contributed by atoms with Gasteiger partial charge in [-0.2, -0.15) is 18.2 Å². The minimum Gasteiger partial charge on any atom is -0.356 e. The van der Waals surface area contributed by atoms with E-state index in [2.05, 4.69) is 22.1 Å². The normalized spacial score (nSPS) is 30.4. The fourth-order valence-electron chi connectivity index (χ4n) is 5.14. The summed E-state index contributed by atoms with van der Waals surface area (Å²) in [5.74, 6) is 3.40. The summed E-state index contributed by atoms with van der Waals surface area (Å²) >= 11 is 0. The minimum absolute atomic E-state index is 0.0845. The van der Waals surface area contributed by atoms with Crippen LogP contribution in [0.5, 0.6) is 0 Å². The SMILES string of the molecule is C[C@H]1CCCN1c1nc(N2C[C@@H]3C(CSS4=Nc5ccccc5S4)[C@@H]3C2)cc(C(F)(F)F)n1. The predicted molar refractivity (Wildman–Crippen MR) is 130 cm³/mol. The number of halogens is 3. The zero-order valence-electron chi connectivity index (χ0n) is 18.0. The molecule has 1 aromatic carbocycles. The maximum Gasteiger partial charge on any atom is 0.433 e. The molecule has 5 atom stereocenters. The lowest BCUT2D eigenvalue weighted by atomic mass is 10.2. The summed E-state index contributed by atoms with van der Waals surface area (Å²) in [5, 5.41) is 0. The monoisotopic (exact) mass is 511 g/mol. The third kappa shape index (κ3) is 4.25. The van der Waals surface area contributed by atoms with E-state index in [1.165, 1.54) is 4.90 Å². The lowest BCUT2D eigenvalue weighted by Gasteiger charge is -2.26. The van der Waals surface area contributed by atoms with Gasteiger partial charge in [-0.25, -0.2) is 9.35 Å². The maximum absolute atomic E-state index is 13.6. The first-order valence-electron chi connectivity index (χ1n) is 11.2. The average molecular weight is 512 g/mol. The van der Waals surface area contributed by atoms with Crippen molar-refractivity contribution in [2.75, 3.05) is 35.2 Å². The molecule has 0 radical (unpaired) electrons. The molecule has 2 aromatic rings. The molecule has 11 heteroatoms. The quantitative estimate of drug-likeness (QED) is 0.461. The van der Waals surface area contributed by atoms with Crippen molar-refractivity contribution in [1.82, 2.24) is 9.97 Å². The van der Waals surface area contributed by atoms with Crippen LogP contribution in [0, 0.1) is 17.8 Å². The second-order valence-corrected chi connectivity index (χ2v) is 14.7. The molecule has 4 aliphatic rings. The highest BCUT2D eigenvalue weighted by molar-refractivity contribution is 9.03. The smallest absolute Gasteiger partial charge is 0.356 e. The van der Waals surface area contributed by atoms with Gasteiger partial charge in [-0.15, -0.1) is 0 Å². The summed E-state index contributed by atoms with van der Waals surface area (Å²) in [6.07, 6.45) is -2.56. The van der Waals surface area contributed by atoms with Gasteiger partial charge in [0.1, 0.15) is 5.82 Å². The highest BCUT2D eigenvalue weighted by Crippen LogP contribution is 2.55. The number of rotatable bonds is 5. The van der Waals surface area contributed by atoms with Crippen molar-refractivity contribution in [1.29, 1.82) is 0 Å². The molecular formula is C22H24F3N5S3. The molecular weight excluding hydrogens is 487 g/mol. The van der Waals surface area contributed by atoms with Crippen molar-refractivity contribution in [2.45, 2.75) is 36.9 Å².